The third-order valence-electron chi connectivity index (χ3n) is 5.80. The molecule has 0 aromatic carbocycles. The summed E-state index contributed by atoms with van der Waals surface area (Å²) in [6.45, 7) is 4.88. The summed E-state index contributed by atoms with van der Waals surface area (Å²) in [7, 11) is 0. The van der Waals surface area contributed by atoms with Crippen molar-refractivity contribution < 1.29 is 9.90 Å². The first-order chi connectivity index (χ1) is 9.32. The molecule has 4 fully saturated rings. The number of hydrogen-bond donors (Lipinski definition) is 1. The number of nitrogens with zero attached hydrogens (tertiary/aromatic N) is 1. The van der Waals surface area contributed by atoms with Crippen molar-refractivity contribution in [3.05, 3.63) is 16.1 Å². The molecule has 2 atom stereocenters. The van der Waals surface area contributed by atoms with Crippen LogP contribution in [0.3, 0.4) is 0 Å². The first-order valence-electron chi connectivity index (χ1n) is 7.51. The third-order valence-corrected chi connectivity index (χ3v) is 6.89. The SMILES string of the molecule is CC12CC3CC(C)(C1)CC(c1nc(C(=O)O)cs1)(C3)C2. The molecule has 5 rings (SSSR count). The molecule has 4 aliphatic rings. The predicted molar refractivity (Wildman–Crippen MR) is 78.2 cm³/mol. The summed E-state index contributed by atoms with van der Waals surface area (Å²) in [5, 5.41) is 11.9. The summed E-state index contributed by atoms with van der Waals surface area (Å²) in [6.07, 6.45) is 7.71. The maximum Gasteiger partial charge on any atom is 0.355 e. The van der Waals surface area contributed by atoms with E-state index in [-0.39, 0.29) is 11.1 Å². The maximum absolute atomic E-state index is 11.1. The third kappa shape index (κ3) is 1.70. The second-order valence-electron chi connectivity index (χ2n) is 8.25. The van der Waals surface area contributed by atoms with Crippen LogP contribution >= 0.6 is 11.3 Å². The topological polar surface area (TPSA) is 50.2 Å². The minimum absolute atomic E-state index is 0.168. The number of aromatic nitrogens is 1. The lowest BCUT2D eigenvalue weighted by Crippen LogP contribution is -2.56. The van der Waals surface area contributed by atoms with Crippen molar-refractivity contribution in [3.63, 3.8) is 0 Å². The Kier molecular flexibility index (Phi) is 2.34. The molecule has 0 saturated heterocycles. The van der Waals surface area contributed by atoms with Crippen LogP contribution in [0.25, 0.3) is 0 Å². The average Bonchev–Trinajstić information content (AvgIpc) is 2.72. The highest BCUT2D eigenvalue weighted by Crippen LogP contribution is 2.69. The molecular weight excluding hydrogens is 270 g/mol. The Bertz CT molecular complexity index is 575. The zero-order valence-corrected chi connectivity index (χ0v) is 12.9. The van der Waals surface area contributed by atoms with Crippen LogP contribution in [-0.4, -0.2) is 16.1 Å². The van der Waals surface area contributed by atoms with Crippen molar-refractivity contribution in [3.8, 4) is 0 Å². The van der Waals surface area contributed by atoms with Crippen molar-refractivity contribution in [1.29, 1.82) is 0 Å². The largest absolute Gasteiger partial charge is 0.476 e. The van der Waals surface area contributed by atoms with E-state index in [0.29, 0.717) is 10.8 Å². The molecule has 4 bridgehead atoms. The molecule has 0 spiro atoms. The van der Waals surface area contributed by atoms with Gasteiger partial charge in [-0.3, -0.25) is 0 Å². The molecule has 1 aromatic rings. The standard InChI is InChI=1S/C16H21NO2S/c1-14-3-10-4-15(2,7-14)9-16(5-10,8-14)13-17-11(6-20-13)12(18)19/h6,10H,3-5,7-9H2,1-2H3,(H,18,19). The van der Waals surface area contributed by atoms with Gasteiger partial charge in [0, 0.05) is 10.8 Å². The molecule has 1 N–H and O–H groups in total. The number of hydrogen-bond acceptors (Lipinski definition) is 3. The molecule has 4 heteroatoms. The van der Waals surface area contributed by atoms with Gasteiger partial charge in [0.2, 0.25) is 0 Å². The predicted octanol–water partition coefficient (Wildman–Crippen LogP) is 4.09. The van der Waals surface area contributed by atoms with Gasteiger partial charge in [0.25, 0.3) is 0 Å². The lowest BCUT2D eigenvalue weighted by atomic mass is 9.40. The van der Waals surface area contributed by atoms with Crippen LogP contribution in [0.5, 0.6) is 0 Å². The van der Waals surface area contributed by atoms with E-state index in [2.05, 4.69) is 18.8 Å². The Morgan fingerprint density at radius 3 is 2.40 bits per heavy atom. The van der Waals surface area contributed by atoms with Gasteiger partial charge in [-0.15, -0.1) is 11.3 Å². The van der Waals surface area contributed by atoms with E-state index in [0.717, 1.165) is 10.9 Å². The fourth-order valence-corrected chi connectivity index (χ4v) is 7.31. The van der Waals surface area contributed by atoms with Crippen molar-refractivity contribution in [2.24, 2.45) is 16.7 Å². The van der Waals surface area contributed by atoms with Crippen LogP contribution in [0.2, 0.25) is 0 Å². The summed E-state index contributed by atoms with van der Waals surface area (Å²) >= 11 is 1.57. The molecule has 108 valence electrons. The van der Waals surface area contributed by atoms with Gasteiger partial charge in [-0.2, -0.15) is 0 Å². The van der Waals surface area contributed by atoms with Gasteiger partial charge in [-0.25, -0.2) is 9.78 Å². The van der Waals surface area contributed by atoms with Gasteiger partial charge in [-0.1, -0.05) is 13.8 Å². The van der Waals surface area contributed by atoms with E-state index in [1.807, 2.05) is 0 Å². The van der Waals surface area contributed by atoms with Gasteiger partial charge in [-0.05, 0) is 55.3 Å². The lowest BCUT2D eigenvalue weighted by molar-refractivity contribution is -0.110. The van der Waals surface area contributed by atoms with E-state index in [1.165, 1.54) is 38.5 Å². The molecule has 1 heterocycles. The van der Waals surface area contributed by atoms with Crippen LogP contribution in [0.1, 0.15) is 67.9 Å². The number of thiazole rings is 1. The van der Waals surface area contributed by atoms with Gasteiger partial charge < -0.3 is 5.11 Å². The van der Waals surface area contributed by atoms with Gasteiger partial charge in [0.1, 0.15) is 0 Å². The van der Waals surface area contributed by atoms with Crippen molar-refractivity contribution in [2.45, 2.75) is 57.8 Å². The molecule has 1 aromatic heterocycles. The van der Waals surface area contributed by atoms with E-state index in [1.54, 1.807) is 16.7 Å². The quantitative estimate of drug-likeness (QED) is 0.893. The normalized spacial score (nSPS) is 45.8. The Morgan fingerprint density at radius 1 is 1.25 bits per heavy atom. The second kappa shape index (κ2) is 3.65. The number of carboxylic acid groups (broad SMARTS) is 1. The second-order valence-corrected chi connectivity index (χ2v) is 9.11. The van der Waals surface area contributed by atoms with E-state index in [4.69, 9.17) is 5.11 Å². The van der Waals surface area contributed by atoms with Crippen molar-refractivity contribution >= 4 is 17.3 Å². The van der Waals surface area contributed by atoms with Crippen LogP contribution < -0.4 is 0 Å². The average molecular weight is 291 g/mol. The van der Waals surface area contributed by atoms with E-state index < -0.39 is 5.97 Å². The number of carbonyl (C=O) groups is 1. The number of rotatable bonds is 2. The Hall–Kier alpha value is -0.900. The number of aromatic carboxylic acids is 1. The molecule has 20 heavy (non-hydrogen) atoms. The summed E-state index contributed by atoms with van der Waals surface area (Å²) in [5.41, 5.74) is 1.30. The smallest absolute Gasteiger partial charge is 0.355 e. The minimum Gasteiger partial charge on any atom is -0.476 e. The summed E-state index contributed by atoms with van der Waals surface area (Å²) in [4.78, 5) is 15.6. The Balaban J connectivity index is 1.78. The zero-order chi connectivity index (χ0) is 14.2. The van der Waals surface area contributed by atoms with Crippen LogP contribution in [0, 0.1) is 16.7 Å². The maximum atomic E-state index is 11.1. The van der Waals surface area contributed by atoms with Gasteiger partial charge in [0.15, 0.2) is 5.69 Å². The monoisotopic (exact) mass is 291 g/mol. The summed E-state index contributed by atoms with van der Waals surface area (Å²) < 4.78 is 0. The molecule has 4 aliphatic carbocycles. The zero-order valence-electron chi connectivity index (χ0n) is 12.1. The molecule has 4 saturated carbocycles. The van der Waals surface area contributed by atoms with Crippen LogP contribution in [-0.2, 0) is 5.41 Å². The highest BCUT2D eigenvalue weighted by Gasteiger charge is 2.61. The summed E-state index contributed by atoms with van der Waals surface area (Å²) in [5.74, 6) is -0.0759. The van der Waals surface area contributed by atoms with Crippen molar-refractivity contribution in [1.82, 2.24) is 4.98 Å². The minimum atomic E-state index is -0.894. The van der Waals surface area contributed by atoms with Crippen LogP contribution in [0.4, 0.5) is 0 Å². The number of carboxylic acids is 1. The van der Waals surface area contributed by atoms with E-state index in [9.17, 15) is 4.79 Å². The molecule has 0 amide bonds. The molecule has 0 radical (unpaired) electrons. The van der Waals surface area contributed by atoms with Gasteiger partial charge >= 0.3 is 5.97 Å². The lowest BCUT2D eigenvalue weighted by Gasteiger charge is -2.64. The Labute approximate surface area is 123 Å². The van der Waals surface area contributed by atoms with E-state index >= 15 is 0 Å². The molecule has 3 nitrogen and oxygen atoms in total. The highest BCUT2D eigenvalue weighted by atomic mass is 32.1. The first kappa shape index (κ1) is 12.8. The fourth-order valence-electron chi connectivity index (χ4n) is 6.30. The van der Waals surface area contributed by atoms with Gasteiger partial charge in [0.05, 0.1) is 5.01 Å². The molecule has 2 unspecified atom stereocenters. The summed E-state index contributed by atoms with van der Waals surface area (Å²) in [6, 6.07) is 0. The highest BCUT2D eigenvalue weighted by molar-refractivity contribution is 7.10. The molecular formula is C16H21NO2S. The van der Waals surface area contributed by atoms with Crippen LogP contribution in [0.15, 0.2) is 5.38 Å². The van der Waals surface area contributed by atoms with Crippen molar-refractivity contribution in [2.75, 3.05) is 0 Å². The fraction of sp³-hybridized carbons (Fsp3) is 0.750. The molecule has 0 aliphatic heterocycles. The Morgan fingerprint density at radius 2 is 1.90 bits per heavy atom. The first-order valence-corrected chi connectivity index (χ1v) is 8.39.